The van der Waals surface area contributed by atoms with Crippen molar-refractivity contribution >= 4 is 11.6 Å². The molecule has 0 unspecified atom stereocenters. The standard InChI is InChI=1S/C11H15ClO2/c12-11-9(5-2-1-3-8-13)6-4-7-10(11)14/h4,6-7,13-14H,1-3,5,8H2. The fourth-order valence-corrected chi connectivity index (χ4v) is 1.58. The van der Waals surface area contributed by atoms with E-state index in [4.69, 9.17) is 16.7 Å². The van der Waals surface area contributed by atoms with Gasteiger partial charge in [-0.05, 0) is 30.9 Å². The van der Waals surface area contributed by atoms with Crippen LogP contribution in [0, 0.1) is 0 Å². The molecule has 0 heterocycles. The number of benzene rings is 1. The van der Waals surface area contributed by atoms with E-state index in [9.17, 15) is 5.11 Å². The Morgan fingerprint density at radius 3 is 2.64 bits per heavy atom. The third-order valence-corrected chi connectivity index (χ3v) is 2.60. The Balaban J connectivity index is 2.46. The number of phenols is 1. The fraction of sp³-hybridized carbons (Fsp3) is 0.455. The Morgan fingerprint density at radius 1 is 1.14 bits per heavy atom. The van der Waals surface area contributed by atoms with Crippen LogP contribution in [-0.4, -0.2) is 16.8 Å². The minimum Gasteiger partial charge on any atom is -0.506 e. The highest BCUT2D eigenvalue weighted by Crippen LogP contribution is 2.27. The SMILES string of the molecule is OCCCCCc1cccc(O)c1Cl. The minimum atomic E-state index is 0.145. The first-order valence-electron chi connectivity index (χ1n) is 4.83. The van der Waals surface area contributed by atoms with Gasteiger partial charge >= 0.3 is 0 Å². The zero-order valence-electron chi connectivity index (χ0n) is 8.04. The highest BCUT2D eigenvalue weighted by Gasteiger charge is 2.03. The summed E-state index contributed by atoms with van der Waals surface area (Å²) >= 11 is 5.91. The third-order valence-electron chi connectivity index (χ3n) is 2.16. The first-order chi connectivity index (χ1) is 6.75. The lowest BCUT2D eigenvalue weighted by Gasteiger charge is -2.04. The van der Waals surface area contributed by atoms with Crippen LogP contribution >= 0.6 is 11.6 Å². The van der Waals surface area contributed by atoms with Crippen LogP contribution in [0.4, 0.5) is 0 Å². The van der Waals surface area contributed by atoms with Crippen LogP contribution in [0.2, 0.25) is 5.02 Å². The van der Waals surface area contributed by atoms with Gasteiger partial charge in [-0.3, -0.25) is 0 Å². The largest absolute Gasteiger partial charge is 0.506 e. The summed E-state index contributed by atoms with van der Waals surface area (Å²) in [6.07, 6.45) is 3.66. The maximum Gasteiger partial charge on any atom is 0.134 e. The second kappa shape index (κ2) is 5.89. The number of halogens is 1. The van der Waals surface area contributed by atoms with E-state index < -0.39 is 0 Å². The smallest absolute Gasteiger partial charge is 0.134 e. The maximum atomic E-state index is 9.33. The van der Waals surface area contributed by atoms with Crippen LogP contribution in [0.25, 0.3) is 0 Å². The van der Waals surface area contributed by atoms with Crippen LogP contribution < -0.4 is 0 Å². The molecule has 1 aromatic carbocycles. The molecule has 78 valence electrons. The Morgan fingerprint density at radius 2 is 1.93 bits per heavy atom. The van der Waals surface area contributed by atoms with Gasteiger partial charge in [-0.25, -0.2) is 0 Å². The molecular formula is C11H15ClO2. The molecule has 14 heavy (non-hydrogen) atoms. The molecule has 0 aliphatic carbocycles. The summed E-state index contributed by atoms with van der Waals surface area (Å²) in [6, 6.07) is 5.29. The molecule has 0 amide bonds. The van der Waals surface area contributed by atoms with Crippen molar-refractivity contribution in [3.05, 3.63) is 28.8 Å². The van der Waals surface area contributed by atoms with Crippen molar-refractivity contribution in [1.29, 1.82) is 0 Å². The van der Waals surface area contributed by atoms with Gasteiger partial charge in [0, 0.05) is 6.61 Å². The van der Waals surface area contributed by atoms with Crippen molar-refractivity contribution in [2.75, 3.05) is 6.61 Å². The second-order valence-corrected chi connectivity index (χ2v) is 3.66. The van der Waals surface area contributed by atoms with E-state index in [0.717, 1.165) is 31.2 Å². The third kappa shape index (κ3) is 3.20. The maximum absolute atomic E-state index is 9.33. The zero-order chi connectivity index (χ0) is 10.4. The number of aryl methyl sites for hydroxylation is 1. The van der Waals surface area contributed by atoms with Crippen LogP contribution in [0.15, 0.2) is 18.2 Å². The first-order valence-corrected chi connectivity index (χ1v) is 5.20. The molecule has 0 saturated carbocycles. The summed E-state index contributed by atoms with van der Waals surface area (Å²) in [5.41, 5.74) is 0.976. The molecule has 2 nitrogen and oxygen atoms in total. The molecule has 3 heteroatoms. The van der Waals surface area contributed by atoms with Crippen molar-refractivity contribution in [3.63, 3.8) is 0 Å². The Labute approximate surface area is 89.1 Å². The van der Waals surface area contributed by atoms with Gasteiger partial charge in [-0.1, -0.05) is 30.2 Å². The quantitative estimate of drug-likeness (QED) is 0.740. The molecule has 0 radical (unpaired) electrons. The number of aromatic hydroxyl groups is 1. The van der Waals surface area contributed by atoms with Gasteiger partial charge < -0.3 is 10.2 Å². The van der Waals surface area contributed by atoms with Gasteiger partial charge in [0.05, 0.1) is 5.02 Å². The topological polar surface area (TPSA) is 40.5 Å². The lowest BCUT2D eigenvalue weighted by molar-refractivity contribution is 0.283. The van der Waals surface area contributed by atoms with Gasteiger partial charge in [0.25, 0.3) is 0 Å². The Hall–Kier alpha value is -0.730. The molecule has 1 rings (SSSR count). The van der Waals surface area contributed by atoms with Gasteiger partial charge in [-0.2, -0.15) is 0 Å². The van der Waals surface area contributed by atoms with E-state index in [0.29, 0.717) is 5.02 Å². The van der Waals surface area contributed by atoms with E-state index in [2.05, 4.69) is 0 Å². The fourth-order valence-electron chi connectivity index (χ4n) is 1.36. The number of hydrogen-bond acceptors (Lipinski definition) is 2. The minimum absolute atomic E-state index is 0.145. The van der Waals surface area contributed by atoms with Gasteiger partial charge in [0.15, 0.2) is 0 Å². The van der Waals surface area contributed by atoms with E-state index in [1.54, 1.807) is 12.1 Å². The number of rotatable bonds is 5. The van der Waals surface area contributed by atoms with Gasteiger partial charge in [-0.15, -0.1) is 0 Å². The summed E-state index contributed by atoms with van der Waals surface area (Å²) in [4.78, 5) is 0. The van der Waals surface area contributed by atoms with Gasteiger partial charge in [0.2, 0.25) is 0 Å². The molecule has 0 bridgehead atoms. The molecule has 0 aromatic heterocycles. The summed E-state index contributed by atoms with van der Waals surface area (Å²) in [6.45, 7) is 0.244. The van der Waals surface area contributed by atoms with Crippen molar-refractivity contribution in [1.82, 2.24) is 0 Å². The molecule has 0 aliphatic rings. The van der Waals surface area contributed by atoms with Crippen molar-refractivity contribution in [2.24, 2.45) is 0 Å². The molecule has 0 spiro atoms. The van der Waals surface area contributed by atoms with Crippen molar-refractivity contribution < 1.29 is 10.2 Å². The Bertz CT molecular complexity index is 287. The molecule has 2 N–H and O–H groups in total. The number of aliphatic hydroxyl groups excluding tert-OH is 1. The monoisotopic (exact) mass is 214 g/mol. The lowest BCUT2D eigenvalue weighted by Crippen LogP contribution is -1.89. The number of phenolic OH excluding ortho intramolecular Hbond substituents is 1. The molecule has 1 aromatic rings. The van der Waals surface area contributed by atoms with Crippen LogP contribution in [-0.2, 0) is 6.42 Å². The second-order valence-electron chi connectivity index (χ2n) is 3.28. The van der Waals surface area contributed by atoms with Gasteiger partial charge in [0.1, 0.15) is 5.75 Å². The average molecular weight is 215 g/mol. The normalized spacial score (nSPS) is 10.4. The summed E-state index contributed by atoms with van der Waals surface area (Å²) < 4.78 is 0. The van der Waals surface area contributed by atoms with Crippen molar-refractivity contribution in [2.45, 2.75) is 25.7 Å². The Kier molecular flexibility index (Phi) is 4.77. The summed E-state index contributed by atoms with van der Waals surface area (Å²) in [5.74, 6) is 0.145. The number of hydrogen-bond donors (Lipinski definition) is 2. The average Bonchev–Trinajstić information content (AvgIpc) is 2.19. The highest BCUT2D eigenvalue weighted by molar-refractivity contribution is 6.32. The first kappa shape index (κ1) is 11.3. The molecule has 0 aliphatic heterocycles. The van der Waals surface area contributed by atoms with E-state index in [1.807, 2.05) is 6.07 Å². The zero-order valence-corrected chi connectivity index (χ0v) is 8.80. The van der Waals surface area contributed by atoms with Crippen LogP contribution in [0.3, 0.4) is 0 Å². The summed E-state index contributed by atoms with van der Waals surface area (Å²) in [5, 5.41) is 18.4. The van der Waals surface area contributed by atoms with Crippen LogP contribution in [0.1, 0.15) is 24.8 Å². The number of aliphatic hydroxyl groups is 1. The predicted octanol–water partition coefficient (Wildman–Crippen LogP) is 2.75. The van der Waals surface area contributed by atoms with E-state index in [-0.39, 0.29) is 12.4 Å². The lowest BCUT2D eigenvalue weighted by atomic mass is 10.1. The number of unbranched alkanes of at least 4 members (excludes halogenated alkanes) is 2. The van der Waals surface area contributed by atoms with E-state index in [1.165, 1.54) is 0 Å². The summed E-state index contributed by atoms with van der Waals surface area (Å²) in [7, 11) is 0. The molecule has 0 saturated heterocycles. The van der Waals surface area contributed by atoms with Crippen molar-refractivity contribution in [3.8, 4) is 5.75 Å². The van der Waals surface area contributed by atoms with Crippen LogP contribution in [0.5, 0.6) is 5.75 Å². The highest BCUT2D eigenvalue weighted by atomic mass is 35.5. The molecule has 0 fully saturated rings. The molecular weight excluding hydrogens is 200 g/mol. The predicted molar refractivity (Wildman–Crippen MR) is 57.8 cm³/mol. The van der Waals surface area contributed by atoms with E-state index >= 15 is 0 Å². The molecule has 0 atom stereocenters.